The molecule has 3 fully saturated rings. The lowest BCUT2D eigenvalue weighted by atomic mass is 9.85. The first-order valence-corrected chi connectivity index (χ1v) is 8.46. The molecule has 2 bridgehead atoms. The molecule has 4 heteroatoms. The van der Waals surface area contributed by atoms with Gasteiger partial charge in [0.15, 0.2) is 0 Å². The number of hydrogen-bond acceptors (Lipinski definition) is 2. The van der Waals surface area contributed by atoms with Crippen LogP contribution >= 0.6 is 0 Å². The lowest BCUT2D eigenvalue weighted by Crippen LogP contribution is -2.58. The van der Waals surface area contributed by atoms with E-state index in [1.54, 1.807) is 0 Å². The molecule has 22 heavy (non-hydrogen) atoms. The van der Waals surface area contributed by atoms with Crippen LogP contribution in [0.4, 0.5) is 4.39 Å². The van der Waals surface area contributed by atoms with Gasteiger partial charge in [0.05, 0.1) is 6.04 Å². The standard InChI is InChI=1S/C18H23FN2O/c19-16-5-3-14(4-6-16)10-20-8-7-15-9-17(20)18(22)21(12-15)11-13-1-2-13/h3-6,13,15,17H,1-2,7-12H2/t15-,17+/m0/s1. The Bertz CT molecular complexity index is 555. The lowest BCUT2D eigenvalue weighted by Gasteiger charge is -2.46. The van der Waals surface area contributed by atoms with Crippen molar-refractivity contribution in [2.75, 3.05) is 19.6 Å². The van der Waals surface area contributed by atoms with E-state index in [4.69, 9.17) is 0 Å². The number of hydrogen-bond donors (Lipinski definition) is 0. The van der Waals surface area contributed by atoms with Crippen LogP contribution in [-0.2, 0) is 11.3 Å². The zero-order chi connectivity index (χ0) is 15.1. The fraction of sp³-hybridized carbons (Fsp3) is 0.611. The third kappa shape index (κ3) is 2.89. The SMILES string of the molecule is O=C1[C@H]2C[C@H](CCN2Cc2ccc(F)cc2)CN1CC1CC1. The number of carbonyl (C=O) groups excluding carboxylic acids is 1. The zero-order valence-corrected chi connectivity index (χ0v) is 12.9. The second kappa shape index (κ2) is 5.65. The van der Waals surface area contributed by atoms with Crippen LogP contribution in [0.5, 0.6) is 0 Å². The van der Waals surface area contributed by atoms with E-state index in [0.717, 1.165) is 44.1 Å². The molecule has 2 aliphatic heterocycles. The molecule has 1 aromatic carbocycles. The van der Waals surface area contributed by atoms with Crippen molar-refractivity contribution in [1.29, 1.82) is 0 Å². The minimum atomic E-state index is -0.202. The average Bonchev–Trinajstić information content (AvgIpc) is 3.33. The Kier molecular flexibility index (Phi) is 3.65. The fourth-order valence-corrected chi connectivity index (χ4v) is 3.91. The maximum atomic E-state index is 13.0. The Labute approximate surface area is 131 Å². The summed E-state index contributed by atoms with van der Waals surface area (Å²) in [6.07, 6.45) is 4.75. The summed E-state index contributed by atoms with van der Waals surface area (Å²) in [5, 5.41) is 0. The van der Waals surface area contributed by atoms with Crippen molar-refractivity contribution in [3.8, 4) is 0 Å². The molecule has 3 aliphatic rings. The molecule has 2 saturated heterocycles. The summed E-state index contributed by atoms with van der Waals surface area (Å²) in [6, 6.07) is 6.71. The second-order valence-electron chi connectivity index (χ2n) is 7.19. The van der Waals surface area contributed by atoms with E-state index in [1.807, 2.05) is 12.1 Å². The molecule has 0 aromatic heterocycles. The van der Waals surface area contributed by atoms with Gasteiger partial charge in [-0.3, -0.25) is 9.69 Å². The first-order chi connectivity index (χ1) is 10.7. The van der Waals surface area contributed by atoms with Crippen molar-refractivity contribution in [3.05, 3.63) is 35.6 Å². The number of halogens is 1. The van der Waals surface area contributed by atoms with Crippen LogP contribution in [0.2, 0.25) is 0 Å². The molecule has 0 spiro atoms. The van der Waals surface area contributed by atoms with Crippen molar-refractivity contribution in [1.82, 2.24) is 9.80 Å². The van der Waals surface area contributed by atoms with Crippen LogP contribution in [-0.4, -0.2) is 41.4 Å². The van der Waals surface area contributed by atoms with Crippen LogP contribution in [0.1, 0.15) is 31.2 Å². The van der Waals surface area contributed by atoms with Gasteiger partial charge in [-0.15, -0.1) is 0 Å². The van der Waals surface area contributed by atoms with Crippen LogP contribution < -0.4 is 0 Å². The van der Waals surface area contributed by atoms with Crippen molar-refractivity contribution in [2.45, 2.75) is 38.3 Å². The van der Waals surface area contributed by atoms with E-state index in [0.29, 0.717) is 11.8 Å². The molecule has 2 atom stereocenters. The molecule has 0 radical (unpaired) electrons. The number of rotatable bonds is 4. The largest absolute Gasteiger partial charge is 0.341 e. The predicted molar refractivity (Wildman–Crippen MR) is 82.6 cm³/mol. The van der Waals surface area contributed by atoms with E-state index in [2.05, 4.69) is 9.80 Å². The highest BCUT2D eigenvalue weighted by molar-refractivity contribution is 5.83. The number of amides is 1. The number of carbonyl (C=O) groups is 1. The van der Waals surface area contributed by atoms with Gasteiger partial charge in [-0.1, -0.05) is 12.1 Å². The van der Waals surface area contributed by atoms with Gasteiger partial charge in [0.1, 0.15) is 5.82 Å². The first kappa shape index (κ1) is 14.2. The average molecular weight is 302 g/mol. The van der Waals surface area contributed by atoms with Gasteiger partial charge in [0.2, 0.25) is 5.91 Å². The van der Waals surface area contributed by atoms with Gasteiger partial charge < -0.3 is 4.90 Å². The van der Waals surface area contributed by atoms with Crippen molar-refractivity contribution >= 4 is 5.91 Å². The summed E-state index contributed by atoms with van der Waals surface area (Å²) in [7, 11) is 0. The zero-order valence-electron chi connectivity index (χ0n) is 12.9. The van der Waals surface area contributed by atoms with Gasteiger partial charge in [0.25, 0.3) is 0 Å². The van der Waals surface area contributed by atoms with Crippen molar-refractivity contribution in [3.63, 3.8) is 0 Å². The number of fused-ring (bicyclic) bond motifs is 2. The van der Waals surface area contributed by atoms with Crippen LogP contribution in [0.15, 0.2) is 24.3 Å². The second-order valence-corrected chi connectivity index (χ2v) is 7.19. The molecule has 0 N–H and O–H groups in total. The summed E-state index contributed by atoms with van der Waals surface area (Å²) in [5.41, 5.74) is 1.09. The number of nitrogens with zero attached hydrogens (tertiary/aromatic N) is 2. The lowest BCUT2D eigenvalue weighted by molar-refractivity contribution is -0.146. The van der Waals surface area contributed by atoms with Gasteiger partial charge >= 0.3 is 0 Å². The quantitative estimate of drug-likeness (QED) is 0.854. The molecule has 1 aromatic rings. The van der Waals surface area contributed by atoms with Gasteiger partial charge in [-0.2, -0.15) is 0 Å². The Morgan fingerprint density at radius 2 is 1.91 bits per heavy atom. The molecular weight excluding hydrogens is 279 g/mol. The molecule has 2 heterocycles. The molecule has 3 nitrogen and oxygen atoms in total. The molecule has 1 aliphatic carbocycles. The molecule has 4 rings (SSSR count). The Hall–Kier alpha value is -1.42. The molecule has 1 amide bonds. The van der Waals surface area contributed by atoms with E-state index >= 15 is 0 Å². The fourth-order valence-electron chi connectivity index (χ4n) is 3.91. The van der Waals surface area contributed by atoms with Crippen molar-refractivity contribution in [2.24, 2.45) is 11.8 Å². The minimum Gasteiger partial charge on any atom is -0.341 e. The van der Waals surface area contributed by atoms with E-state index in [9.17, 15) is 9.18 Å². The smallest absolute Gasteiger partial charge is 0.239 e. The third-order valence-electron chi connectivity index (χ3n) is 5.37. The number of piperidine rings is 2. The number of likely N-dealkylation sites (tertiary alicyclic amines) is 2. The van der Waals surface area contributed by atoms with E-state index in [-0.39, 0.29) is 11.9 Å². The maximum Gasteiger partial charge on any atom is 0.239 e. The summed E-state index contributed by atoms with van der Waals surface area (Å²) in [4.78, 5) is 17.2. The van der Waals surface area contributed by atoms with Gasteiger partial charge in [0, 0.05) is 19.6 Å². The van der Waals surface area contributed by atoms with Crippen LogP contribution in [0.3, 0.4) is 0 Å². The molecule has 118 valence electrons. The van der Waals surface area contributed by atoms with E-state index < -0.39 is 0 Å². The molecule has 0 unspecified atom stereocenters. The van der Waals surface area contributed by atoms with Crippen LogP contribution in [0.25, 0.3) is 0 Å². The van der Waals surface area contributed by atoms with Gasteiger partial charge in [-0.05, 0) is 61.8 Å². The molecule has 1 saturated carbocycles. The Morgan fingerprint density at radius 1 is 1.14 bits per heavy atom. The third-order valence-corrected chi connectivity index (χ3v) is 5.37. The molecular formula is C18H23FN2O. The summed E-state index contributed by atoms with van der Waals surface area (Å²) in [6.45, 7) is 3.67. The van der Waals surface area contributed by atoms with Gasteiger partial charge in [-0.25, -0.2) is 4.39 Å². The maximum absolute atomic E-state index is 13.0. The van der Waals surface area contributed by atoms with Crippen LogP contribution in [0, 0.1) is 17.7 Å². The highest BCUT2D eigenvalue weighted by Gasteiger charge is 2.42. The Morgan fingerprint density at radius 3 is 2.64 bits per heavy atom. The highest BCUT2D eigenvalue weighted by atomic mass is 19.1. The van der Waals surface area contributed by atoms with Crippen molar-refractivity contribution < 1.29 is 9.18 Å². The summed E-state index contributed by atoms with van der Waals surface area (Å²) < 4.78 is 13.0. The summed E-state index contributed by atoms with van der Waals surface area (Å²) >= 11 is 0. The summed E-state index contributed by atoms with van der Waals surface area (Å²) in [5.74, 6) is 1.55. The minimum absolute atomic E-state index is 0.0382. The monoisotopic (exact) mass is 302 g/mol. The Balaban J connectivity index is 1.46. The first-order valence-electron chi connectivity index (χ1n) is 8.46. The number of benzene rings is 1. The topological polar surface area (TPSA) is 23.6 Å². The predicted octanol–water partition coefficient (Wildman–Crippen LogP) is 2.66. The normalized spacial score (nSPS) is 29.0. The highest BCUT2D eigenvalue weighted by Crippen LogP contribution is 2.35. The van der Waals surface area contributed by atoms with E-state index in [1.165, 1.54) is 31.4 Å².